The highest BCUT2D eigenvalue weighted by Gasteiger charge is 2.23. The molecular weight excluding hydrogens is 294 g/mol. The Bertz CT molecular complexity index is 883. The van der Waals surface area contributed by atoms with Gasteiger partial charge < -0.3 is 4.90 Å². The van der Waals surface area contributed by atoms with Gasteiger partial charge in [-0.25, -0.2) is 4.98 Å². The number of aromatic nitrogens is 2. The smallest absolute Gasteiger partial charge is 0.258 e. The molecule has 0 amide bonds. The van der Waals surface area contributed by atoms with Crippen LogP contribution in [0, 0.1) is 0 Å². The highest BCUT2D eigenvalue weighted by molar-refractivity contribution is 7.15. The molecule has 3 heterocycles. The number of hydrogen-bond acceptors (Lipinski definition) is 4. The quantitative estimate of drug-likeness (QED) is 0.730. The van der Waals surface area contributed by atoms with Gasteiger partial charge in [-0.05, 0) is 31.4 Å². The molecule has 1 atom stereocenters. The lowest BCUT2D eigenvalue weighted by Gasteiger charge is -2.36. The molecule has 0 bridgehead atoms. The van der Waals surface area contributed by atoms with Gasteiger partial charge in [-0.1, -0.05) is 18.2 Å². The van der Waals surface area contributed by atoms with Gasteiger partial charge in [0.05, 0.1) is 12.2 Å². The third-order valence-electron chi connectivity index (χ3n) is 4.35. The normalized spacial score (nSPS) is 17.7. The number of benzene rings is 1. The first kappa shape index (κ1) is 13.5. The Morgan fingerprint density at radius 3 is 3.14 bits per heavy atom. The fourth-order valence-electron chi connectivity index (χ4n) is 3.14. The number of thiazole rings is 1. The molecule has 4 nitrogen and oxygen atoms in total. The molecular formula is C17H17N3OS. The van der Waals surface area contributed by atoms with Crippen LogP contribution in [0.25, 0.3) is 4.96 Å². The monoisotopic (exact) mass is 311 g/mol. The molecule has 0 unspecified atom stereocenters. The maximum absolute atomic E-state index is 12.1. The molecule has 0 spiro atoms. The number of aryl methyl sites for hydroxylation is 1. The first-order valence-electron chi connectivity index (χ1n) is 7.53. The van der Waals surface area contributed by atoms with Gasteiger partial charge in [0.25, 0.3) is 5.56 Å². The lowest BCUT2D eigenvalue weighted by molar-refractivity contribution is 0.556. The summed E-state index contributed by atoms with van der Waals surface area (Å²) in [6, 6.07) is 10.6. The van der Waals surface area contributed by atoms with Crippen molar-refractivity contribution < 1.29 is 0 Å². The zero-order chi connectivity index (χ0) is 15.1. The van der Waals surface area contributed by atoms with E-state index in [-0.39, 0.29) is 5.56 Å². The van der Waals surface area contributed by atoms with Crippen molar-refractivity contribution in [2.24, 2.45) is 0 Å². The van der Waals surface area contributed by atoms with Crippen LogP contribution in [0.2, 0.25) is 0 Å². The maximum atomic E-state index is 12.1. The van der Waals surface area contributed by atoms with Crippen molar-refractivity contribution in [3.05, 3.63) is 63.5 Å². The van der Waals surface area contributed by atoms with Crippen LogP contribution >= 0.6 is 11.3 Å². The van der Waals surface area contributed by atoms with Gasteiger partial charge in [-0.3, -0.25) is 9.20 Å². The molecule has 1 aliphatic rings. The summed E-state index contributed by atoms with van der Waals surface area (Å²) in [6.07, 6.45) is 4.03. The Kier molecular flexibility index (Phi) is 3.22. The molecule has 1 aromatic carbocycles. The van der Waals surface area contributed by atoms with Crippen LogP contribution in [0.3, 0.4) is 0 Å². The molecule has 0 saturated heterocycles. The van der Waals surface area contributed by atoms with E-state index in [2.05, 4.69) is 41.1 Å². The molecule has 0 fully saturated rings. The summed E-state index contributed by atoms with van der Waals surface area (Å²) < 4.78 is 1.60. The minimum Gasteiger partial charge on any atom is -0.363 e. The number of hydrogen-bond donors (Lipinski definition) is 0. The Hall–Kier alpha value is -2.14. The second-order valence-electron chi connectivity index (χ2n) is 5.79. The van der Waals surface area contributed by atoms with Gasteiger partial charge in [-0.15, -0.1) is 11.3 Å². The molecule has 22 heavy (non-hydrogen) atoms. The lowest BCUT2D eigenvalue weighted by atomic mass is 9.96. The Labute approximate surface area is 132 Å². The van der Waals surface area contributed by atoms with E-state index in [0.29, 0.717) is 12.6 Å². The van der Waals surface area contributed by atoms with Crippen LogP contribution in [0.1, 0.15) is 24.6 Å². The van der Waals surface area contributed by atoms with Crippen molar-refractivity contribution in [1.29, 1.82) is 0 Å². The number of rotatable bonds is 2. The van der Waals surface area contributed by atoms with Gasteiger partial charge in [-0.2, -0.15) is 0 Å². The fraction of sp³-hybridized carbons (Fsp3) is 0.294. The molecule has 0 aliphatic carbocycles. The van der Waals surface area contributed by atoms with E-state index >= 15 is 0 Å². The van der Waals surface area contributed by atoms with E-state index < -0.39 is 0 Å². The molecule has 0 saturated carbocycles. The van der Waals surface area contributed by atoms with Gasteiger partial charge in [0, 0.05) is 29.4 Å². The van der Waals surface area contributed by atoms with Gasteiger partial charge in [0.15, 0.2) is 4.96 Å². The van der Waals surface area contributed by atoms with E-state index in [4.69, 9.17) is 0 Å². The Balaban J connectivity index is 1.74. The van der Waals surface area contributed by atoms with Crippen LogP contribution in [0.4, 0.5) is 5.69 Å². The molecule has 2 aromatic heterocycles. The second-order valence-corrected chi connectivity index (χ2v) is 6.66. The van der Waals surface area contributed by atoms with Crippen molar-refractivity contribution in [2.45, 2.75) is 32.4 Å². The van der Waals surface area contributed by atoms with E-state index in [9.17, 15) is 4.79 Å². The zero-order valence-corrected chi connectivity index (χ0v) is 13.2. The van der Waals surface area contributed by atoms with E-state index in [1.807, 2.05) is 5.38 Å². The average molecular weight is 311 g/mol. The van der Waals surface area contributed by atoms with Crippen LogP contribution in [-0.2, 0) is 13.0 Å². The van der Waals surface area contributed by atoms with Crippen LogP contribution in [0.5, 0.6) is 0 Å². The summed E-state index contributed by atoms with van der Waals surface area (Å²) in [4.78, 5) is 19.9. The topological polar surface area (TPSA) is 37.6 Å². The van der Waals surface area contributed by atoms with Crippen LogP contribution in [-0.4, -0.2) is 15.4 Å². The second kappa shape index (κ2) is 5.25. The average Bonchev–Trinajstić information content (AvgIpc) is 2.99. The van der Waals surface area contributed by atoms with Crippen LogP contribution in [0.15, 0.2) is 46.7 Å². The summed E-state index contributed by atoms with van der Waals surface area (Å²) >= 11 is 1.50. The summed E-state index contributed by atoms with van der Waals surface area (Å²) in [5.74, 6) is 0. The Morgan fingerprint density at radius 2 is 2.23 bits per heavy atom. The van der Waals surface area contributed by atoms with E-state index in [0.717, 1.165) is 23.5 Å². The molecule has 5 heteroatoms. The van der Waals surface area contributed by atoms with E-state index in [1.54, 1.807) is 16.7 Å². The minimum atomic E-state index is -0.000743. The molecule has 4 rings (SSSR count). The van der Waals surface area contributed by atoms with Gasteiger partial charge in [0.2, 0.25) is 0 Å². The molecule has 112 valence electrons. The van der Waals surface area contributed by atoms with Crippen molar-refractivity contribution >= 4 is 22.0 Å². The lowest BCUT2D eigenvalue weighted by Crippen LogP contribution is -2.37. The highest BCUT2D eigenvalue weighted by Crippen LogP contribution is 2.31. The summed E-state index contributed by atoms with van der Waals surface area (Å²) in [5, 5.41) is 1.90. The maximum Gasteiger partial charge on any atom is 0.258 e. The number of nitrogens with zero attached hydrogens (tertiary/aromatic N) is 3. The van der Waals surface area contributed by atoms with Crippen molar-refractivity contribution in [1.82, 2.24) is 9.38 Å². The molecule has 0 radical (unpaired) electrons. The highest BCUT2D eigenvalue weighted by atomic mass is 32.1. The first-order valence-corrected chi connectivity index (χ1v) is 8.41. The Morgan fingerprint density at radius 1 is 1.36 bits per heavy atom. The van der Waals surface area contributed by atoms with Crippen molar-refractivity contribution in [2.75, 3.05) is 4.90 Å². The fourth-order valence-corrected chi connectivity index (χ4v) is 3.88. The first-order chi connectivity index (χ1) is 10.7. The van der Waals surface area contributed by atoms with Crippen molar-refractivity contribution in [3.63, 3.8) is 0 Å². The standard InChI is InChI=1S/C17H17N3OS/c1-12-6-7-13-4-2-3-5-15(13)20(12)11-14-10-16(21)19-8-9-22-17(19)18-14/h2-5,8-10,12H,6-7,11H2,1H3/t12-/m1/s1. The number of anilines is 1. The summed E-state index contributed by atoms with van der Waals surface area (Å²) in [6.45, 7) is 2.92. The third kappa shape index (κ3) is 2.22. The molecule has 1 aliphatic heterocycles. The summed E-state index contributed by atoms with van der Waals surface area (Å²) in [7, 11) is 0. The third-order valence-corrected chi connectivity index (χ3v) is 5.11. The van der Waals surface area contributed by atoms with Gasteiger partial charge in [0.1, 0.15) is 0 Å². The number of para-hydroxylation sites is 1. The van der Waals surface area contributed by atoms with Crippen molar-refractivity contribution in [3.8, 4) is 0 Å². The minimum absolute atomic E-state index is 0.000743. The molecule has 3 aromatic rings. The van der Waals surface area contributed by atoms with Crippen LogP contribution < -0.4 is 10.5 Å². The number of fused-ring (bicyclic) bond motifs is 2. The molecule has 0 N–H and O–H groups in total. The summed E-state index contributed by atoms with van der Waals surface area (Å²) in [5.41, 5.74) is 3.50. The van der Waals surface area contributed by atoms with E-state index in [1.165, 1.54) is 22.6 Å². The van der Waals surface area contributed by atoms with Gasteiger partial charge >= 0.3 is 0 Å². The predicted molar refractivity (Wildman–Crippen MR) is 89.7 cm³/mol. The zero-order valence-electron chi connectivity index (χ0n) is 12.4. The predicted octanol–water partition coefficient (Wildman–Crippen LogP) is 3.10. The SMILES string of the molecule is C[C@@H]1CCc2ccccc2N1Cc1cc(=O)n2ccsc2n1. The largest absolute Gasteiger partial charge is 0.363 e.